The van der Waals surface area contributed by atoms with E-state index in [1.54, 1.807) is 18.7 Å². The van der Waals surface area contributed by atoms with Crippen molar-refractivity contribution in [3.63, 3.8) is 0 Å². The van der Waals surface area contributed by atoms with Gasteiger partial charge in [-0.3, -0.25) is 9.36 Å². The van der Waals surface area contributed by atoms with E-state index < -0.39 is 0 Å². The number of pyridine rings is 1. The average molecular weight is 326 g/mol. The normalized spacial score (nSPS) is 15.1. The molecule has 24 heavy (non-hydrogen) atoms. The number of allylic oxidation sites excluding steroid dienone is 1. The second kappa shape index (κ2) is 7.88. The summed E-state index contributed by atoms with van der Waals surface area (Å²) in [6.45, 7) is 2.57. The van der Waals surface area contributed by atoms with Gasteiger partial charge in [0.15, 0.2) is 0 Å². The quantitative estimate of drug-likeness (QED) is 0.794. The van der Waals surface area contributed by atoms with Crippen molar-refractivity contribution >= 4 is 11.6 Å². The van der Waals surface area contributed by atoms with Gasteiger partial charge in [-0.05, 0) is 43.9 Å². The highest BCUT2D eigenvalue weighted by Gasteiger charge is 2.20. The van der Waals surface area contributed by atoms with Crippen molar-refractivity contribution in [3.05, 3.63) is 48.7 Å². The molecular weight excluding hydrogens is 304 g/mol. The van der Waals surface area contributed by atoms with Crippen LogP contribution in [0.15, 0.2) is 48.7 Å². The Morgan fingerprint density at radius 2 is 2.38 bits per heavy atom. The molecule has 2 aromatic rings. The fraction of sp³-hybridized carbons (Fsp3) is 0.389. The van der Waals surface area contributed by atoms with Crippen molar-refractivity contribution in [2.24, 2.45) is 0 Å². The Balaban J connectivity index is 1.59. The molecule has 2 aromatic heterocycles. The second-order valence-electron chi connectivity index (χ2n) is 5.74. The lowest BCUT2D eigenvalue weighted by molar-refractivity contribution is -0.118. The molecule has 1 aliphatic carbocycles. The van der Waals surface area contributed by atoms with Gasteiger partial charge in [0.05, 0.1) is 24.4 Å². The summed E-state index contributed by atoms with van der Waals surface area (Å²) in [4.78, 5) is 20.6. The molecule has 3 rings (SSSR count). The lowest BCUT2D eigenvalue weighted by Crippen LogP contribution is -2.24. The Morgan fingerprint density at radius 1 is 1.46 bits per heavy atom. The molecule has 1 amide bonds. The summed E-state index contributed by atoms with van der Waals surface area (Å²) in [5, 5.41) is 2.89. The van der Waals surface area contributed by atoms with Crippen molar-refractivity contribution < 1.29 is 9.53 Å². The molecule has 1 aliphatic rings. The van der Waals surface area contributed by atoms with Crippen molar-refractivity contribution in [1.29, 1.82) is 0 Å². The van der Waals surface area contributed by atoms with E-state index in [-0.39, 0.29) is 12.0 Å². The van der Waals surface area contributed by atoms with Crippen LogP contribution in [-0.2, 0) is 9.53 Å². The van der Waals surface area contributed by atoms with E-state index in [9.17, 15) is 4.79 Å². The van der Waals surface area contributed by atoms with Crippen molar-refractivity contribution in [3.8, 4) is 5.82 Å². The zero-order valence-electron chi connectivity index (χ0n) is 13.8. The molecular formula is C18H22N4O2. The van der Waals surface area contributed by atoms with Crippen LogP contribution in [0.5, 0.6) is 0 Å². The van der Waals surface area contributed by atoms with Crippen LogP contribution in [-0.4, -0.2) is 33.2 Å². The van der Waals surface area contributed by atoms with Crippen LogP contribution in [0.25, 0.3) is 5.82 Å². The minimum Gasteiger partial charge on any atom is -0.374 e. The molecule has 0 aromatic carbocycles. The summed E-state index contributed by atoms with van der Waals surface area (Å²) >= 11 is 0. The Bertz CT molecular complexity index is 692. The Morgan fingerprint density at radius 3 is 3.00 bits per heavy atom. The molecule has 0 fully saturated rings. The average Bonchev–Trinajstić information content (AvgIpc) is 3.29. The molecule has 6 nitrogen and oxygen atoms in total. The minimum absolute atomic E-state index is 0.0570. The molecule has 0 spiro atoms. The number of nitrogens with one attached hydrogen (secondary N) is 1. The molecule has 0 saturated carbocycles. The lowest BCUT2D eigenvalue weighted by atomic mass is 10.1. The smallest absolute Gasteiger partial charge is 0.227 e. The highest BCUT2D eigenvalue weighted by Crippen LogP contribution is 2.25. The topological polar surface area (TPSA) is 69.0 Å². The number of aromatic nitrogens is 3. The third-order valence-corrected chi connectivity index (χ3v) is 4.03. The molecule has 0 bridgehead atoms. The number of amides is 1. The maximum Gasteiger partial charge on any atom is 0.227 e. The number of rotatable bonds is 7. The number of carbonyl (C=O) groups is 1. The van der Waals surface area contributed by atoms with Crippen LogP contribution in [0.4, 0.5) is 5.69 Å². The Kier molecular flexibility index (Phi) is 5.38. The van der Waals surface area contributed by atoms with E-state index in [1.165, 1.54) is 5.57 Å². The number of anilines is 1. The zero-order chi connectivity index (χ0) is 16.8. The molecule has 0 unspecified atom stereocenters. The summed E-state index contributed by atoms with van der Waals surface area (Å²) in [5.74, 6) is 0.701. The zero-order valence-corrected chi connectivity index (χ0v) is 13.8. The number of imidazole rings is 1. The Labute approximate surface area is 141 Å². The number of hydrogen-bond acceptors (Lipinski definition) is 4. The van der Waals surface area contributed by atoms with Crippen LogP contribution >= 0.6 is 0 Å². The van der Waals surface area contributed by atoms with Crippen molar-refractivity contribution in [2.45, 2.75) is 38.7 Å². The summed E-state index contributed by atoms with van der Waals surface area (Å²) < 4.78 is 7.56. The minimum atomic E-state index is -0.115. The van der Waals surface area contributed by atoms with Crippen LogP contribution in [0.1, 0.15) is 32.6 Å². The van der Waals surface area contributed by atoms with Crippen LogP contribution in [0, 0.1) is 0 Å². The van der Waals surface area contributed by atoms with Crippen molar-refractivity contribution in [2.75, 3.05) is 11.9 Å². The van der Waals surface area contributed by atoms with E-state index in [2.05, 4.69) is 21.4 Å². The first-order chi connectivity index (χ1) is 11.8. The summed E-state index contributed by atoms with van der Waals surface area (Å²) in [7, 11) is 0. The number of ether oxygens (including phenoxy) is 1. The fourth-order valence-electron chi connectivity index (χ4n) is 2.87. The molecule has 1 atom stereocenters. The number of nitrogens with zero attached hydrogens (tertiary/aromatic N) is 3. The number of hydrogen-bond donors (Lipinski definition) is 1. The third kappa shape index (κ3) is 4.08. The first-order valence-electron chi connectivity index (χ1n) is 8.31. The second-order valence-corrected chi connectivity index (χ2v) is 5.74. The fourth-order valence-corrected chi connectivity index (χ4v) is 2.87. The van der Waals surface area contributed by atoms with Gasteiger partial charge in [-0.2, -0.15) is 0 Å². The molecule has 0 saturated heterocycles. The lowest BCUT2D eigenvalue weighted by Gasteiger charge is -2.18. The number of carbonyl (C=O) groups excluding carboxylic acids is 1. The van der Waals surface area contributed by atoms with Gasteiger partial charge in [-0.1, -0.05) is 6.08 Å². The van der Waals surface area contributed by atoms with Crippen LogP contribution in [0.3, 0.4) is 0 Å². The summed E-state index contributed by atoms with van der Waals surface area (Å²) in [5.41, 5.74) is 1.93. The largest absolute Gasteiger partial charge is 0.374 e. The molecule has 1 N–H and O–H groups in total. The summed E-state index contributed by atoms with van der Waals surface area (Å²) in [6.07, 6.45) is 12.5. The third-order valence-electron chi connectivity index (χ3n) is 4.03. The van der Waals surface area contributed by atoms with Gasteiger partial charge in [0.1, 0.15) is 12.1 Å². The van der Waals surface area contributed by atoms with Gasteiger partial charge in [-0.25, -0.2) is 9.97 Å². The molecule has 6 heteroatoms. The van der Waals surface area contributed by atoms with Gasteiger partial charge >= 0.3 is 0 Å². The Hall–Kier alpha value is -2.47. The van der Waals surface area contributed by atoms with Gasteiger partial charge in [0, 0.05) is 19.0 Å². The SMILES string of the molecule is CCO[C@@H](CC(=O)Nc1ccc(-n2ccnc2)nc1)C1=CCCC1. The first kappa shape index (κ1) is 16.4. The maximum absolute atomic E-state index is 12.3. The predicted molar refractivity (Wildman–Crippen MR) is 92.0 cm³/mol. The van der Waals surface area contributed by atoms with E-state index >= 15 is 0 Å². The standard InChI is InChI=1S/C18H22N4O2/c1-2-24-16(14-5-3-4-6-14)11-18(23)21-15-7-8-17(20-12-15)22-10-9-19-13-22/h5,7-10,12-13,16H,2-4,6,11H2,1H3,(H,21,23)/t16-/m0/s1. The first-order valence-corrected chi connectivity index (χ1v) is 8.31. The van der Waals surface area contributed by atoms with E-state index in [4.69, 9.17) is 4.74 Å². The van der Waals surface area contributed by atoms with E-state index in [0.29, 0.717) is 18.7 Å². The highest BCUT2D eigenvalue weighted by molar-refractivity contribution is 5.91. The van der Waals surface area contributed by atoms with Gasteiger partial charge in [0.25, 0.3) is 0 Å². The van der Waals surface area contributed by atoms with Crippen molar-refractivity contribution in [1.82, 2.24) is 14.5 Å². The van der Waals surface area contributed by atoms with Crippen LogP contribution in [0.2, 0.25) is 0 Å². The van der Waals surface area contributed by atoms with Crippen LogP contribution < -0.4 is 5.32 Å². The van der Waals surface area contributed by atoms with E-state index in [1.807, 2.05) is 29.8 Å². The molecule has 126 valence electrons. The highest BCUT2D eigenvalue weighted by atomic mass is 16.5. The molecule has 0 aliphatic heterocycles. The predicted octanol–water partition coefficient (Wildman–Crippen LogP) is 3.11. The monoisotopic (exact) mass is 326 g/mol. The van der Waals surface area contributed by atoms with E-state index in [0.717, 1.165) is 25.1 Å². The maximum atomic E-state index is 12.3. The molecule has 0 radical (unpaired) electrons. The van der Waals surface area contributed by atoms with Gasteiger partial charge in [0.2, 0.25) is 5.91 Å². The van der Waals surface area contributed by atoms with Gasteiger partial charge in [-0.15, -0.1) is 0 Å². The van der Waals surface area contributed by atoms with Gasteiger partial charge < -0.3 is 10.1 Å². The molecule has 2 heterocycles. The summed E-state index contributed by atoms with van der Waals surface area (Å²) in [6, 6.07) is 3.68.